The summed E-state index contributed by atoms with van der Waals surface area (Å²) in [7, 11) is 0. The predicted octanol–water partition coefficient (Wildman–Crippen LogP) is 3.90. The minimum Gasteiger partial charge on any atom is -0.352 e. The molecule has 3 rings (SSSR count). The smallest absolute Gasteiger partial charge is 0.251 e. The molecule has 0 saturated carbocycles. The van der Waals surface area contributed by atoms with Crippen molar-refractivity contribution in [2.75, 3.05) is 6.54 Å². The van der Waals surface area contributed by atoms with Crippen molar-refractivity contribution in [2.24, 2.45) is 0 Å². The molecule has 1 heterocycles. The zero-order valence-corrected chi connectivity index (χ0v) is 13.2. The van der Waals surface area contributed by atoms with Gasteiger partial charge in [0.1, 0.15) is 5.82 Å². The molecule has 2 aromatic rings. The van der Waals surface area contributed by atoms with Gasteiger partial charge in [-0.1, -0.05) is 40.2 Å². The van der Waals surface area contributed by atoms with E-state index >= 15 is 0 Å². The molecule has 1 aliphatic heterocycles. The molecule has 1 atom stereocenters. The summed E-state index contributed by atoms with van der Waals surface area (Å²) in [6.07, 6.45) is 0.840. The van der Waals surface area contributed by atoms with Gasteiger partial charge in [-0.05, 0) is 42.2 Å². The molecule has 0 radical (unpaired) electrons. The zero-order chi connectivity index (χ0) is 15.0. The van der Waals surface area contributed by atoms with Crippen LogP contribution in [-0.4, -0.2) is 12.5 Å². The topological polar surface area (TPSA) is 29.1 Å². The van der Waals surface area contributed by atoms with Gasteiger partial charge in [-0.25, -0.2) is 4.39 Å². The lowest BCUT2D eigenvalue weighted by Gasteiger charge is -2.19. The second kappa shape index (κ2) is 5.60. The number of nitrogens with one attached hydrogen (secondary N) is 1. The first-order valence-electron chi connectivity index (χ1n) is 6.87. The molecule has 0 bridgehead atoms. The monoisotopic (exact) mass is 347 g/mol. The number of benzene rings is 2. The van der Waals surface area contributed by atoms with Gasteiger partial charge >= 0.3 is 0 Å². The lowest BCUT2D eigenvalue weighted by molar-refractivity contribution is 0.0946. The van der Waals surface area contributed by atoms with Crippen LogP contribution in [0.2, 0.25) is 0 Å². The van der Waals surface area contributed by atoms with E-state index in [0.717, 1.165) is 23.1 Å². The molecule has 1 aliphatic rings. The Morgan fingerprint density at radius 2 is 2.05 bits per heavy atom. The van der Waals surface area contributed by atoms with E-state index in [-0.39, 0.29) is 16.6 Å². The van der Waals surface area contributed by atoms with E-state index in [1.807, 2.05) is 31.2 Å². The van der Waals surface area contributed by atoms with Crippen LogP contribution in [0.4, 0.5) is 4.39 Å². The quantitative estimate of drug-likeness (QED) is 0.820. The number of hydrogen-bond acceptors (Lipinski definition) is 1. The molecule has 0 spiro atoms. The number of alkyl halides is 1. The van der Waals surface area contributed by atoms with Crippen molar-refractivity contribution >= 4 is 21.8 Å². The van der Waals surface area contributed by atoms with Gasteiger partial charge in [0.25, 0.3) is 5.91 Å². The molecule has 1 N–H and O–H groups in total. The lowest BCUT2D eigenvalue weighted by atomic mass is 9.95. The maximum atomic E-state index is 14.1. The van der Waals surface area contributed by atoms with Crippen LogP contribution in [0.3, 0.4) is 0 Å². The average molecular weight is 348 g/mol. The SMILES string of the molecule is Cc1ccc(C(Br)c2ccc3c(c2)C(=O)NCC3)c(F)c1. The summed E-state index contributed by atoms with van der Waals surface area (Å²) in [6.45, 7) is 2.54. The van der Waals surface area contributed by atoms with Crippen LogP contribution >= 0.6 is 15.9 Å². The van der Waals surface area contributed by atoms with Crippen molar-refractivity contribution < 1.29 is 9.18 Å². The molecule has 0 saturated heterocycles. The molecular formula is C17H15BrFNO. The molecule has 108 valence electrons. The number of carbonyl (C=O) groups excluding carboxylic acids is 1. The normalized spacial score (nSPS) is 15.3. The molecule has 0 aromatic heterocycles. The first kappa shape index (κ1) is 14.3. The maximum Gasteiger partial charge on any atom is 0.251 e. The van der Waals surface area contributed by atoms with E-state index in [2.05, 4.69) is 21.2 Å². The van der Waals surface area contributed by atoms with Crippen LogP contribution in [0.15, 0.2) is 36.4 Å². The summed E-state index contributed by atoms with van der Waals surface area (Å²) in [6, 6.07) is 11.0. The van der Waals surface area contributed by atoms with Crippen molar-refractivity contribution in [2.45, 2.75) is 18.2 Å². The van der Waals surface area contributed by atoms with Gasteiger partial charge < -0.3 is 5.32 Å². The number of hydrogen-bond donors (Lipinski definition) is 1. The Kier molecular flexibility index (Phi) is 3.81. The highest BCUT2D eigenvalue weighted by Crippen LogP contribution is 2.34. The molecular weight excluding hydrogens is 333 g/mol. The number of halogens is 2. The Morgan fingerprint density at radius 1 is 1.24 bits per heavy atom. The second-order valence-electron chi connectivity index (χ2n) is 5.31. The number of fused-ring (bicyclic) bond motifs is 1. The van der Waals surface area contributed by atoms with Gasteiger partial charge in [0, 0.05) is 17.7 Å². The summed E-state index contributed by atoms with van der Waals surface area (Å²) in [5.74, 6) is -0.291. The maximum absolute atomic E-state index is 14.1. The molecule has 0 aliphatic carbocycles. The second-order valence-corrected chi connectivity index (χ2v) is 6.23. The minimum atomic E-state index is -0.266. The van der Waals surface area contributed by atoms with E-state index in [4.69, 9.17) is 0 Å². The number of aryl methyl sites for hydroxylation is 1. The van der Waals surface area contributed by atoms with Gasteiger partial charge in [-0.2, -0.15) is 0 Å². The van der Waals surface area contributed by atoms with Gasteiger partial charge in [0.05, 0.1) is 4.83 Å². The molecule has 0 fully saturated rings. The Morgan fingerprint density at radius 3 is 2.81 bits per heavy atom. The molecule has 21 heavy (non-hydrogen) atoms. The molecule has 2 aromatic carbocycles. The number of rotatable bonds is 2. The van der Waals surface area contributed by atoms with Crippen LogP contribution in [0.5, 0.6) is 0 Å². The van der Waals surface area contributed by atoms with Crippen molar-refractivity contribution in [3.05, 3.63) is 70.0 Å². The number of carbonyl (C=O) groups is 1. The van der Waals surface area contributed by atoms with Crippen molar-refractivity contribution in [1.82, 2.24) is 5.32 Å². The molecule has 2 nitrogen and oxygen atoms in total. The summed E-state index contributed by atoms with van der Waals surface area (Å²) < 4.78 is 14.1. The molecule has 4 heteroatoms. The van der Waals surface area contributed by atoms with Crippen LogP contribution in [-0.2, 0) is 6.42 Å². The van der Waals surface area contributed by atoms with E-state index in [1.54, 1.807) is 6.07 Å². The first-order chi connectivity index (χ1) is 10.1. The van der Waals surface area contributed by atoms with Gasteiger partial charge in [-0.3, -0.25) is 4.79 Å². The Balaban J connectivity index is 2.00. The third-order valence-corrected chi connectivity index (χ3v) is 4.80. The van der Waals surface area contributed by atoms with Crippen molar-refractivity contribution in [3.8, 4) is 0 Å². The highest BCUT2D eigenvalue weighted by molar-refractivity contribution is 9.09. The van der Waals surface area contributed by atoms with Gasteiger partial charge in [0.15, 0.2) is 0 Å². The highest BCUT2D eigenvalue weighted by atomic mass is 79.9. The van der Waals surface area contributed by atoms with E-state index < -0.39 is 0 Å². The Labute approximate surface area is 131 Å². The Bertz CT molecular complexity index is 714. The predicted molar refractivity (Wildman–Crippen MR) is 84.4 cm³/mol. The largest absolute Gasteiger partial charge is 0.352 e. The third kappa shape index (κ3) is 2.72. The average Bonchev–Trinajstić information content (AvgIpc) is 2.47. The highest BCUT2D eigenvalue weighted by Gasteiger charge is 2.20. The summed E-state index contributed by atoms with van der Waals surface area (Å²) in [5.41, 5.74) is 4.09. The fourth-order valence-corrected chi connectivity index (χ4v) is 3.26. The van der Waals surface area contributed by atoms with E-state index in [9.17, 15) is 9.18 Å². The van der Waals surface area contributed by atoms with E-state index in [1.165, 1.54) is 6.07 Å². The fraction of sp³-hybridized carbons (Fsp3) is 0.235. The minimum absolute atomic E-state index is 0.0535. The van der Waals surface area contributed by atoms with Crippen LogP contribution in [0.1, 0.15) is 37.4 Å². The third-order valence-electron chi connectivity index (χ3n) is 3.78. The molecule has 1 amide bonds. The Hall–Kier alpha value is -1.68. The van der Waals surface area contributed by atoms with Crippen LogP contribution < -0.4 is 5.32 Å². The first-order valence-corrected chi connectivity index (χ1v) is 7.79. The standard InChI is InChI=1S/C17H15BrFNO/c1-10-2-5-13(15(19)8-10)16(18)12-4-3-11-6-7-20-17(21)14(11)9-12/h2-5,8-9,16H,6-7H2,1H3,(H,20,21). The van der Waals surface area contributed by atoms with E-state index in [0.29, 0.717) is 17.7 Å². The van der Waals surface area contributed by atoms with Crippen molar-refractivity contribution in [3.63, 3.8) is 0 Å². The lowest BCUT2D eigenvalue weighted by Crippen LogP contribution is -2.31. The fourth-order valence-electron chi connectivity index (χ4n) is 2.60. The van der Waals surface area contributed by atoms with Crippen LogP contribution in [0.25, 0.3) is 0 Å². The summed E-state index contributed by atoms with van der Waals surface area (Å²) in [4.78, 5) is 11.6. The molecule has 1 unspecified atom stereocenters. The van der Waals surface area contributed by atoms with Gasteiger partial charge in [0.2, 0.25) is 0 Å². The summed E-state index contributed by atoms with van der Waals surface area (Å²) >= 11 is 3.55. The zero-order valence-electron chi connectivity index (χ0n) is 11.6. The van der Waals surface area contributed by atoms with Gasteiger partial charge in [-0.15, -0.1) is 0 Å². The number of amides is 1. The summed E-state index contributed by atoms with van der Waals surface area (Å²) in [5, 5.41) is 2.83. The van der Waals surface area contributed by atoms with Crippen molar-refractivity contribution in [1.29, 1.82) is 0 Å². The van der Waals surface area contributed by atoms with Crippen LogP contribution in [0, 0.1) is 12.7 Å².